The summed E-state index contributed by atoms with van der Waals surface area (Å²) in [7, 11) is -3.74. The van der Waals surface area contributed by atoms with Gasteiger partial charge < -0.3 is 15.4 Å². The SMILES string of the molecule is Cc1cc(Nc2ccc(OCc3cccnc3)cc2)nc(Nc2ccc(S(N)(=O)=O)cc2)n1. The van der Waals surface area contributed by atoms with E-state index in [0.29, 0.717) is 24.1 Å². The number of rotatable bonds is 8. The first-order valence-electron chi connectivity index (χ1n) is 9.99. The number of hydrogen-bond acceptors (Lipinski definition) is 8. The Balaban J connectivity index is 1.41. The van der Waals surface area contributed by atoms with E-state index in [9.17, 15) is 8.42 Å². The van der Waals surface area contributed by atoms with E-state index >= 15 is 0 Å². The maximum atomic E-state index is 11.4. The summed E-state index contributed by atoms with van der Waals surface area (Å²) in [5, 5.41) is 11.5. The Morgan fingerprint density at radius 2 is 1.64 bits per heavy atom. The van der Waals surface area contributed by atoms with Crippen molar-refractivity contribution in [3.8, 4) is 5.75 Å². The smallest absolute Gasteiger partial charge is 0.238 e. The van der Waals surface area contributed by atoms with E-state index in [4.69, 9.17) is 9.88 Å². The highest BCUT2D eigenvalue weighted by molar-refractivity contribution is 7.89. The molecule has 2 aromatic carbocycles. The largest absolute Gasteiger partial charge is 0.489 e. The van der Waals surface area contributed by atoms with Crippen LogP contribution in [-0.4, -0.2) is 23.4 Å². The van der Waals surface area contributed by atoms with E-state index in [0.717, 1.165) is 22.7 Å². The molecule has 0 amide bonds. The van der Waals surface area contributed by atoms with E-state index in [-0.39, 0.29) is 4.90 Å². The maximum absolute atomic E-state index is 11.4. The second kappa shape index (κ2) is 9.63. The number of sulfonamides is 1. The zero-order valence-electron chi connectivity index (χ0n) is 17.8. The lowest BCUT2D eigenvalue weighted by molar-refractivity contribution is 0.306. The number of anilines is 4. The van der Waals surface area contributed by atoms with Gasteiger partial charge in [0.25, 0.3) is 0 Å². The minimum atomic E-state index is -3.74. The third-order valence-corrected chi connectivity index (χ3v) is 5.48. The van der Waals surface area contributed by atoms with Gasteiger partial charge in [-0.1, -0.05) is 6.07 Å². The van der Waals surface area contributed by atoms with Crippen molar-refractivity contribution in [2.24, 2.45) is 5.14 Å². The Kier molecular flexibility index (Phi) is 6.48. The first-order chi connectivity index (χ1) is 15.8. The van der Waals surface area contributed by atoms with Crippen molar-refractivity contribution >= 4 is 33.2 Å². The summed E-state index contributed by atoms with van der Waals surface area (Å²) in [5.74, 6) is 1.72. The van der Waals surface area contributed by atoms with Crippen LogP contribution in [0.4, 0.5) is 23.1 Å². The first kappa shape index (κ1) is 22.2. The number of aryl methyl sites for hydroxylation is 1. The van der Waals surface area contributed by atoms with Crippen molar-refractivity contribution in [1.82, 2.24) is 15.0 Å². The van der Waals surface area contributed by atoms with Crippen LogP contribution in [0.2, 0.25) is 0 Å². The molecule has 0 radical (unpaired) electrons. The maximum Gasteiger partial charge on any atom is 0.238 e. The van der Waals surface area contributed by atoms with Crippen LogP contribution in [-0.2, 0) is 16.6 Å². The van der Waals surface area contributed by atoms with Crippen LogP contribution in [0, 0.1) is 6.92 Å². The van der Waals surface area contributed by atoms with E-state index < -0.39 is 10.0 Å². The van der Waals surface area contributed by atoms with Crippen LogP contribution in [0.1, 0.15) is 11.3 Å². The summed E-state index contributed by atoms with van der Waals surface area (Å²) < 4.78 is 28.6. The van der Waals surface area contributed by atoms with Gasteiger partial charge in [-0.15, -0.1) is 0 Å². The second-order valence-corrected chi connectivity index (χ2v) is 8.77. The molecule has 2 heterocycles. The monoisotopic (exact) mass is 462 g/mol. The summed E-state index contributed by atoms with van der Waals surface area (Å²) in [6.45, 7) is 2.30. The van der Waals surface area contributed by atoms with Gasteiger partial charge in [0.05, 0.1) is 4.90 Å². The fraction of sp³-hybridized carbons (Fsp3) is 0.0870. The summed E-state index contributed by atoms with van der Waals surface area (Å²) in [6.07, 6.45) is 3.50. The number of benzene rings is 2. The van der Waals surface area contributed by atoms with Gasteiger partial charge in [0.2, 0.25) is 16.0 Å². The fourth-order valence-corrected chi connectivity index (χ4v) is 3.49. The molecule has 0 fully saturated rings. The quantitative estimate of drug-likeness (QED) is 0.359. The number of hydrogen-bond donors (Lipinski definition) is 3. The van der Waals surface area contributed by atoms with Crippen molar-refractivity contribution in [3.63, 3.8) is 0 Å². The molecule has 0 spiro atoms. The Labute approximate surface area is 191 Å². The minimum Gasteiger partial charge on any atom is -0.489 e. The molecule has 4 rings (SSSR count). The number of aromatic nitrogens is 3. The lowest BCUT2D eigenvalue weighted by Gasteiger charge is -2.11. The molecule has 0 bridgehead atoms. The average molecular weight is 463 g/mol. The second-order valence-electron chi connectivity index (χ2n) is 7.21. The van der Waals surface area contributed by atoms with Gasteiger partial charge in [-0.05, 0) is 61.5 Å². The third kappa shape index (κ3) is 6.25. The van der Waals surface area contributed by atoms with Gasteiger partial charge in [-0.25, -0.2) is 18.5 Å². The van der Waals surface area contributed by atoms with Gasteiger partial charge in [0, 0.05) is 41.1 Å². The van der Waals surface area contributed by atoms with Crippen LogP contribution in [0.3, 0.4) is 0 Å². The molecular formula is C23H22N6O3S. The molecule has 0 aliphatic carbocycles. The predicted octanol–water partition coefficient (Wildman–Crippen LogP) is 3.89. The number of ether oxygens (including phenoxy) is 1. The predicted molar refractivity (Wildman–Crippen MR) is 126 cm³/mol. The molecule has 9 nitrogen and oxygen atoms in total. The number of nitrogens with zero attached hydrogens (tertiary/aromatic N) is 3. The highest BCUT2D eigenvalue weighted by atomic mass is 32.2. The molecule has 10 heteroatoms. The van der Waals surface area contributed by atoms with E-state index in [2.05, 4.69) is 25.6 Å². The highest BCUT2D eigenvalue weighted by Crippen LogP contribution is 2.22. The molecule has 168 valence electrons. The Morgan fingerprint density at radius 1 is 0.939 bits per heavy atom. The van der Waals surface area contributed by atoms with Crippen LogP contribution >= 0.6 is 0 Å². The summed E-state index contributed by atoms with van der Waals surface area (Å²) in [6, 6.07) is 19.2. The van der Waals surface area contributed by atoms with Crippen molar-refractivity contribution in [3.05, 3.63) is 90.4 Å². The number of nitrogens with one attached hydrogen (secondary N) is 2. The zero-order chi connectivity index (χ0) is 23.3. The summed E-state index contributed by atoms with van der Waals surface area (Å²) in [5.41, 5.74) is 3.22. The topological polar surface area (TPSA) is 132 Å². The molecule has 0 saturated heterocycles. The zero-order valence-corrected chi connectivity index (χ0v) is 18.6. The van der Waals surface area contributed by atoms with Gasteiger partial charge in [0.1, 0.15) is 18.2 Å². The number of nitrogens with two attached hydrogens (primary N) is 1. The van der Waals surface area contributed by atoms with E-state index in [1.807, 2.05) is 49.4 Å². The fourth-order valence-electron chi connectivity index (χ4n) is 2.98. The highest BCUT2D eigenvalue weighted by Gasteiger charge is 2.08. The lowest BCUT2D eigenvalue weighted by Crippen LogP contribution is -2.11. The standard InChI is InChI=1S/C23H22N6O3S/c1-16-13-22(29-23(26-16)28-19-6-10-21(11-7-19)33(24,30)31)27-18-4-8-20(9-5-18)32-15-17-3-2-12-25-14-17/h2-14H,15H2,1H3,(H2,24,30,31)(H2,26,27,28,29). The molecule has 0 aliphatic rings. The van der Waals surface area contributed by atoms with E-state index in [1.54, 1.807) is 24.5 Å². The molecule has 4 N–H and O–H groups in total. The molecule has 33 heavy (non-hydrogen) atoms. The summed E-state index contributed by atoms with van der Waals surface area (Å²) in [4.78, 5) is 13.0. The normalized spacial score (nSPS) is 11.1. The van der Waals surface area contributed by atoms with Gasteiger partial charge in [-0.2, -0.15) is 4.98 Å². The van der Waals surface area contributed by atoms with Crippen LogP contribution in [0.5, 0.6) is 5.75 Å². The van der Waals surface area contributed by atoms with Gasteiger partial charge in [-0.3, -0.25) is 4.98 Å². The molecule has 0 unspecified atom stereocenters. The molecule has 4 aromatic rings. The first-order valence-corrected chi connectivity index (χ1v) is 11.5. The molecular weight excluding hydrogens is 440 g/mol. The number of primary sulfonamides is 1. The molecule has 0 aliphatic heterocycles. The molecule has 0 saturated carbocycles. The van der Waals surface area contributed by atoms with Crippen LogP contribution in [0.25, 0.3) is 0 Å². The summed E-state index contributed by atoms with van der Waals surface area (Å²) >= 11 is 0. The van der Waals surface area contributed by atoms with E-state index in [1.165, 1.54) is 12.1 Å². The van der Waals surface area contributed by atoms with Gasteiger partial charge in [0.15, 0.2) is 0 Å². The van der Waals surface area contributed by atoms with Crippen molar-refractivity contribution in [2.45, 2.75) is 18.4 Å². The average Bonchev–Trinajstić information content (AvgIpc) is 2.79. The van der Waals surface area contributed by atoms with Crippen LogP contribution in [0.15, 0.2) is 84.0 Å². The minimum absolute atomic E-state index is 0.0356. The third-order valence-electron chi connectivity index (χ3n) is 4.55. The molecule has 0 atom stereocenters. The van der Waals surface area contributed by atoms with Gasteiger partial charge >= 0.3 is 0 Å². The Bertz CT molecular complexity index is 1330. The Morgan fingerprint density at radius 3 is 2.30 bits per heavy atom. The van der Waals surface area contributed by atoms with Crippen LogP contribution < -0.4 is 20.5 Å². The Hall–Kier alpha value is -4.02. The molecule has 2 aromatic heterocycles. The van der Waals surface area contributed by atoms with Crippen molar-refractivity contribution in [2.75, 3.05) is 10.6 Å². The van der Waals surface area contributed by atoms with Crippen molar-refractivity contribution < 1.29 is 13.2 Å². The lowest BCUT2D eigenvalue weighted by atomic mass is 10.3. The van der Waals surface area contributed by atoms with Crippen molar-refractivity contribution in [1.29, 1.82) is 0 Å². The number of pyridine rings is 1.